The van der Waals surface area contributed by atoms with Crippen LogP contribution >= 0.6 is 0 Å². The van der Waals surface area contributed by atoms with Gasteiger partial charge in [0.15, 0.2) is 0 Å². The fourth-order valence-electron chi connectivity index (χ4n) is 5.05. The van der Waals surface area contributed by atoms with Gasteiger partial charge in [-0.25, -0.2) is 0 Å². The summed E-state index contributed by atoms with van der Waals surface area (Å²) in [5, 5.41) is 0. The van der Waals surface area contributed by atoms with Gasteiger partial charge in [0.05, 0.1) is 30.6 Å². The molecule has 0 unspecified atom stereocenters. The van der Waals surface area contributed by atoms with Gasteiger partial charge in [-0.15, -0.1) is 0 Å². The van der Waals surface area contributed by atoms with Crippen LogP contribution in [0, 0.1) is 17.8 Å². The van der Waals surface area contributed by atoms with Crippen LogP contribution in [-0.2, 0) is 19.2 Å². The number of carbonyl (C=O) groups excluding carboxylic acids is 4. The molecule has 180 valence electrons. The second kappa shape index (κ2) is 9.02. The maximum absolute atomic E-state index is 12.9. The van der Waals surface area contributed by atoms with Gasteiger partial charge in [0.1, 0.15) is 11.5 Å². The van der Waals surface area contributed by atoms with Crippen molar-refractivity contribution in [1.29, 1.82) is 0 Å². The second-order valence-corrected chi connectivity index (χ2v) is 9.24. The number of hydrogen-bond acceptors (Lipinski definition) is 6. The van der Waals surface area contributed by atoms with Crippen LogP contribution in [0.5, 0.6) is 11.5 Å². The van der Waals surface area contributed by atoms with Crippen LogP contribution in [0.4, 0.5) is 11.4 Å². The number of anilines is 2. The molecule has 0 saturated carbocycles. The number of ether oxygens (including phenoxy) is 2. The van der Waals surface area contributed by atoms with Gasteiger partial charge >= 0.3 is 5.97 Å². The van der Waals surface area contributed by atoms with E-state index in [0.29, 0.717) is 35.7 Å². The molecule has 8 heteroatoms. The predicted molar refractivity (Wildman–Crippen MR) is 128 cm³/mol. The van der Waals surface area contributed by atoms with Crippen molar-refractivity contribution in [3.8, 4) is 11.5 Å². The summed E-state index contributed by atoms with van der Waals surface area (Å²) >= 11 is 0. The Labute approximate surface area is 203 Å². The van der Waals surface area contributed by atoms with Gasteiger partial charge in [0.2, 0.25) is 17.7 Å². The van der Waals surface area contributed by atoms with Crippen LogP contribution in [0.2, 0.25) is 0 Å². The maximum atomic E-state index is 12.9. The molecule has 2 aromatic rings. The first kappa shape index (κ1) is 22.8. The average Bonchev–Trinajstić information content (AvgIpc) is 3.37. The Morgan fingerprint density at radius 3 is 2.40 bits per heavy atom. The summed E-state index contributed by atoms with van der Waals surface area (Å²) in [6, 6.07) is 13.5. The van der Waals surface area contributed by atoms with Crippen LogP contribution in [0.15, 0.2) is 60.2 Å². The first-order valence-corrected chi connectivity index (χ1v) is 11.7. The number of methoxy groups -OCH3 is 1. The highest BCUT2D eigenvalue weighted by Crippen LogP contribution is 2.40. The zero-order valence-corrected chi connectivity index (χ0v) is 19.6. The third-order valence-corrected chi connectivity index (χ3v) is 6.96. The minimum Gasteiger partial charge on any atom is -0.497 e. The van der Waals surface area contributed by atoms with Crippen LogP contribution in [0.1, 0.15) is 26.2 Å². The normalized spacial score (nSPS) is 23.9. The van der Waals surface area contributed by atoms with Crippen molar-refractivity contribution in [3.05, 3.63) is 60.2 Å². The maximum Gasteiger partial charge on any atom is 0.316 e. The lowest BCUT2D eigenvalue weighted by Crippen LogP contribution is -2.30. The zero-order chi connectivity index (χ0) is 24.7. The Bertz CT molecular complexity index is 1230. The lowest BCUT2D eigenvalue weighted by atomic mass is 9.82. The van der Waals surface area contributed by atoms with Crippen molar-refractivity contribution >= 4 is 35.1 Å². The van der Waals surface area contributed by atoms with Crippen molar-refractivity contribution in [3.63, 3.8) is 0 Å². The van der Waals surface area contributed by atoms with Crippen LogP contribution < -0.4 is 19.3 Å². The standard InChI is InChI=1S/C27H26N2O6/c1-16-6-11-22-23(12-16)26(32)29(25(22)31)18-7-9-20(10-8-18)35-27(33)17-13-24(30)28(15-17)19-4-3-5-21(14-19)34-2/h3-10,14,17,22-23H,11-13,15H2,1-2H3/t17-,22-,23+/m1/s1. The van der Waals surface area contributed by atoms with E-state index >= 15 is 0 Å². The molecule has 0 radical (unpaired) electrons. The van der Waals surface area contributed by atoms with Crippen LogP contribution in [0.3, 0.4) is 0 Å². The number of nitrogens with zero attached hydrogens (tertiary/aromatic N) is 2. The summed E-state index contributed by atoms with van der Waals surface area (Å²) in [5.41, 5.74) is 2.26. The van der Waals surface area contributed by atoms with Crippen molar-refractivity contribution in [2.75, 3.05) is 23.5 Å². The SMILES string of the molecule is COc1cccc(N2C[C@H](C(=O)Oc3ccc(N4C(=O)[C@H]5CC(C)=CC[C@H]5C4=O)cc3)CC2=O)c1. The number of esters is 1. The van der Waals surface area contributed by atoms with E-state index in [9.17, 15) is 19.2 Å². The summed E-state index contributed by atoms with van der Waals surface area (Å²) < 4.78 is 10.7. The molecule has 8 nitrogen and oxygen atoms in total. The number of amides is 3. The molecule has 2 fully saturated rings. The number of imide groups is 1. The van der Waals surface area contributed by atoms with Crippen molar-refractivity contribution < 1.29 is 28.7 Å². The van der Waals surface area contributed by atoms with Gasteiger partial charge in [-0.2, -0.15) is 0 Å². The Morgan fingerprint density at radius 1 is 0.914 bits per heavy atom. The summed E-state index contributed by atoms with van der Waals surface area (Å²) in [4.78, 5) is 53.8. The van der Waals surface area contributed by atoms with Gasteiger partial charge in [0.25, 0.3) is 0 Å². The average molecular weight is 475 g/mol. The summed E-state index contributed by atoms with van der Waals surface area (Å²) in [5.74, 6) is -1.33. The molecular weight excluding hydrogens is 448 g/mol. The molecule has 0 aromatic heterocycles. The van der Waals surface area contributed by atoms with E-state index in [2.05, 4.69) is 0 Å². The molecule has 3 aliphatic rings. The van der Waals surface area contributed by atoms with Crippen molar-refractivity contribution in [2.45, 2.75) is 26.2 Å². The minimum absolute atomic E-state index is 0.0567. The van der Waals surface area contributed by atoms with Crippen LogP contribution in [-0.4, -0.2) is 37.3 Å². The fourth-order valence-corrected chi connectivity index (χ4v) is 5.05. The smallest absolute Gasteiger partial charge is 0.316 e. The van der Waals surface area contributed by atoms with Gasteiger partial charge in [0, 0.05) is 24.7 Å². The molecule has 35 heavy (non-hydrogen) atoms. The van der Waals surface area contributed by atoms with Gasteiger partial charge in [-0.1, -0.05) is 17.7 Å². The van der Waals surface area contributed by atoms with Crippen LogP contribution in [0.25, 0.3) is 0 Å². The summed E-state index contributed by atoms with van der Waals surface area (Å²) in [6.07, 6.45) is 3.28. The Morgan fingerprint density at radius 2 is 1.66 bits per heavy atom. The van der Waals surface area contributed by atoms with Gasteiger partial charge in [-0.05, 0) is 56.2 Å². The number of allylic oxidation sites excluding steroid dienone is 2. The lowest BCUT2D eigenvalue weighted by molar-refractivity contribution is -0.139. The quantitative estimate of drug-likeness (QED) is 0.285. The number of hydrogen-bond donors (Lipinski definition) is 0. The molecular formula is C27H26N2O6. The van der Waals surface area contributed by atoms with E-state index < -0.39 is 11.9 Å². The largest absolute Gasteiger partial charge is 0.497 e. The molecule has 2 aliphatic heterocycles. The Balaban J connectivity index is 1.24. The van der Waals surface area contributed by atoms with Crippen molar-refractivity contribution in [2.24, 2.45) is 17.8 Å². The first-order chi connectivity index (χ1) is 16.9. The molecule has 3 atom stereocenters. The second-order valence-electron chi connectivity index (χ2n) is 9.24. The molecule has 2 aromatic carbocycles. The zero-order valence-electron chi connectivity index (χ0n) is 19.6. The molecule has 3 amide bonds. The fraction of sp³-hybridized carbons (Fsp3) is 0.333. The van der Waals surface area contributed by atoms with E-state index in [1.165, 1.54) is 4.90 Å². The predicted octanol–water partition coefficient (Wildman–Crippen LogP) is 3.50. The molecule has 1 aliphatic carbocycles. The summed E-state index contributed by atoms with van der Waals surface area (Å²) in [6.45, 7) is 2.20. The lowest BCUT2D eigenvalue weighted by Gasteiger charge is -2.18. The van der Waals surface area contributed by atoms with E-state index in [0.717, 1.165) is 5.57 Å². The van der Waals surface area contributed by atoms with E-state index in [1.807, 2.05) is 13.0 Å². The highest BCUT2D eigenvalue weighted by molar-refractivity contribution is 6.22. The highest BCUT2D eigenvalue weighted by Gasteiger charge is 2.48. The number of carbonyl (C=O) groups is 4. The first-order valence-electron chi connectivity index (χ1n) is 11.7. The number of fused-ring (bicyclic) bond motifs is 1. The molecule has 2 heterocycles. The number of rotatable bonds is 5. The van der Waals surface area contributed by atoms with Crippen molar-refractivity contribution in [1.82, 2.24) is 0 Å². The van der Waals surface area contributed by atoms with E-state index in [-0.39, 0.29) is 42.5 Å². The van der Waals surface area contributed by atoms with Gasteiger partial charge < -0.3 is 14.4 Å². The van der Waals surface area contributed by atoms with E-state index in [1.54, 1.807) is 60.5 Å². The molecule has 0 spiro atoms. The summed E-state index contributed by atoms with van der Waals surface area (Å²) in [7, 11) is 1.55. The topological polar surface area (TPSA) is 93.2 Å². The van der Waals surface area contributed by atoms with E-state index in [4.69, 9.17) is 9.47 Å². The molecule has 5 rings (SSSR count). The molecule has 2 saturated heterocycles. The monoisotopic (exact) mass is 474 g/mol. The Hall–Kier alpha value is -3.94. The Kier molecular flexibility index (Phi) is 5.88. The third-order valence-electron chi connectivity index (χ3n) is 6.96. The molecule has 0 N–H and O–H groups in total. The minimum atomic E-state index is -0.603. The van der Waals surface area contributed by atoms with Gasteiger partial charge in [-0.3, -0.25) is 24.1 Å². The molecule has 0 bridgehead atoms. The third kappa shape index (κ3) is 4.20. The highest BCUT2D eigenvalue weighted by atomic mass is 16.5. The number of benzene rings is 2.